The van der Waals surface area contributed by atoms with Gasteiger partial charge in [0.1, 0.15) is 5.75 Å². The normalized spacial score (nSPS) is 11.2. The van der Waals surface area contributed by atoms with Gasteiger partial charge in [0, 0.05) is 23.6 Å². The minimum atomic E-state index is -0.0830. The van der Waals surface area contributed by atoms with Gasteiger partial charge in [0.15, 0.2) is 5.13 Å². The van der Waals surface area contributed by atoms with E-state index in [4.69, 9.17) is 21.3 Å². The van der Waals surface area contributed by atoms with Crippen LogP contribution in [0.15, 0.2) is 42.5 Å². The van der Waals surface area contributed by atoms with Crippen LogP contribution in [0.25, 0.3) is 10.2 Å². The topological polar surface area (TPSA) is 46.9 Å². The van der Waals surface area contributed by atoms with Crippen LogP contribution in [0.2, 0.25) is 5.02 Å². The fourth-order valence-corrected chi connectivity index (χ4v) is 4.13. The van der Waals surface area contributed by atoms with E-state index in [1.54, 1.807) is 29.2 Å². The highest BCUT2D eigenvalue weighted by atomic mass is 35.5. The molecule has 0 aliphatic rings. The van der Waals surface area contributed by atoms with Crippen molar-refractivity contribution in [3.8, 4) is 5.75 Å². The number of anilines is 1. The summed E-state index contributed by atoms with van der Waals surface area (Å²) in [5, 5.41) is 1.25. The first kappa shape index (κ1) is 20.6. The molecule has 0 spiro atoms. The van der Waals surface area contributed by atoms with E-state index in [1.165, 1.54) is 16.2 Å². The number of rotatable bonds is 8. The number of nitrogens with one attached hydrogen (secondary N) is 1. The average molecular weight is 419 g/mol. The summed E-state index contributed by atoms with van der Waals surface area (Å²) >= 11 is 7.60. The summed E-state index contributed by atoms with van der Waals surface area (Å²) in [6.07, 6.45) is 0.884. The highest BCUT2D eigenvalue weighted by molar-refractivity contribution is 7.22. The monoisotopic (exact) mass is 418 g/mol. The summed E-state index contributed by atoms with van der Waals surface area (Å²) in [4.78, 5) is 21.0. The molecule has 0 radical (unpaired) electrons. The van der Waals surface area contributed by atoms with E-state index in [-0.39, 0.29) is 5.91 Å². The molecule has 7 heteroatoms. The second-order valence-electron chi connectivity index (χ2n) is 6.84. The van der Waals surface area contributed by atoms with Crippen molar-refractivity contribution >= 4 is 44.2 Å². The quantitative estimate of drug-likeness (QED) is 0.608. The fraction of sp³-hybridized carbons (Fsp3) is 0.333. The minimum Gasteiger partial charge on any atom is -0.494 e. The Morgan fingerprint density at radius 1 is 1.25 bits per heavy atom. The molecule has 0 saturated heterocycles. The van der Waals surface area contributed by atoms with Crippen molar-refractivity contribution in [2.45, 2.75) is 13.3 Å². The first-order valence-electron chi connectivity index (χ1n) is 9.37. The summed E-state index contributed by atoms with van der Waals surface area (Å²) in [5.41, 5.74) is 1.43. The van der Waals surface area contributed by atoms with Crippen LogP contribution in [-0.4, -0.2) is 44.7 Å². The van der Waals surface area contributed by atoms with E-state index in [2.05, 4.69) is 14.1 Å². The number of ether oxygens (including phenoxy) is 1. The number of thiazole rings is 1. The number of quaternary nitrogens is 1. The van der Waals surface area contributed by atoms with Crippen LogP contribution in [0.5, 0.6) is 5.75 Å². The molecule has 0 bridgehead atoms. The molecule has 5 nitrogen and oxygen atoms in total. The molecular formula is C21H25ClN3O2S+. The van der Waals surface area contributed by atoms with Gasteiger partial charge in [-0.05, 0) is 43.3 Å². The van der Waals surface area contributed by atoms with E-state index in [9.17, 15) is 4.79 Å². The Morgan fingerprint density at radius 3 is 2.79 bits per heavy atom. The molecule has 0 atom stereocenters. The van der Waals surface area contributed by atoms with Crippen molar-refractivity contribution in [2.75, 3.05) is 38.7 Å². The Balaban J connectivity index is 1.93. The van der Waals surface area contributed by atoms with Gasteiger partial charge in [-0.15, -0.1) is 0 Å². The highest BCUT2D eigenvalue weighted by Gasteiger charge is 2.22. The van der Waals surface area contributed by atoms with Crippen molar-refractivity contribution in [2.24, 2.45) is 0 Å². The van der Waals surface area contributed by atoms with Crippen molar-refractivity contribution in [1.29, 1.82) is 0 Å². The molecule has 3 rings (SSSR count). The van der Waals surface area contributed by atoms with E-state index < -0.39 is 0 Å². The number of hydrogen-bond acceptors (Lipinski definition) is 4. The molecule has 0 saturated carbocycles. The van der Waals surface area contributed by atoms with E-state index in [1.807, 2.05) is 25.1 Å². The van der Waals surface area contributed by atoms with Crippen molar-refractivity contribution in [1.82, 2.24) is 4.98 Å². The zero-order valence-corrected chi connectivity index (χ0v) is 17.9. The maximum atomic E-state index is 13.2. The Kier molecular flexibility index (Phi) is 6.88. The SMILES string of the molecule is CCOc1ccc2nc(N(CCC[NH+](C)C)C(=O)c3cccc(Cl)c3)sc2c1. The Labute approximate surface area is 174 Å². The van der Waals surface area contributed by atoms with Gasteiger partial charge in [-0.2, -0.15) is 0 Å². The maximum Gasteiger partial charge on any atom is 0.260 e. The predicted octanol–water partition coefficient (Wildman–Crippen LogP) is 3.53. The lowest BCUT2D eigenvalue weighted by molar-refractivity contribution is -0.858. The third-order valence-corrected chi connectivity index (χ3v) is 5.54. The van der Waals surface area contributed by atoms with Crippen LogP contribution >= 0.6 is 22.9 Å². The minimum absolute atomic E-state index is 0.0830. The molecule has 148 valence electrons. The fourth-order valence-electron chi connectivity index (χ4n) is 2.92. The van der Waals surface area contributed by atoms with Crippen molar-refractivity contribution in [3.05, 3.63) is 53.1 Å². The summed E-state index contributed by atoms with van der Waals surface area (Å²) in [5.74, 6) is 0.731. The first-order valence-corrected chi connectivity index (χ1v) is 10.6. The second-order valence-corrected chi connectivity index (χ2v) is 8.28. The summed E-state index contributed by atoms with van der Waals surface area (Å²) < 4.78 is 6.59. The van der Waals surface area contributed by atoms with E-state index in [0.29, 0.717) is 28.9 Å². The molecule has 1 N–H and O–H groups in total. The third-order valence-electron chi connectivity index (χ3n) is 4.27. The van der Waals surface area contributed by atoms with Crippen LogP contribution in [0.1, 0.15) is 23.7 Å². The number of aromatic nitrogens is 1. The van der Waals surface area contributed by atoms with E-state index in [0.717, 1.165) is 28.9 Å². The van der Waals surface area contributed by atoms with Crippen LogP contribution in [0.3, 0.4) is 0 Å². The summed E-state index contributed by atoms with van der Waals surface area (Å²) in [6, 6.07) is 12.9. The molecule has 3 aromatic rings. The van der Waals surface area contributed by atoms with Gasteiger partial charge in [0.25, 0.3) is 5.91 Å². The first-order chi connectivity index (χ1) is 13.5. The molecule has 1 aromatic heterocycles. The number of hydrogen-bond donors (Lipinski definition) is 1. The Hall–Kier alpha value is -2.15. The molecule has 2 aromatic carbocycles. The summed E-state index contributed by atoms with van der Waals surface area (Å²) in [6.45, 7) is 4.15. The number of halogens is 1. The molecule has 0 aliphatic heterocycles. The van der Waals surface area contributed by atoms with Gasteiger partial charge >= 0.3 is 0 Å². The van der Waals surface area contributed by atoms with Gasteiger partial charge < -0.3 is 9.64 Å². The average Bonchev–Trinajstić information content (AvgIpc) is 3.07. The molecule has 0 fully saturated rings. The van der Waals surface area contributed by atoms with Crippen molar-refractivity contribution < 1.29 is 14.4 Å². The number of amides is 1. The molecule has 0 aliphatic carbocycles. The van der Waals surface area contributed by atoms with Crippen LogP contribution in [-0.2, 0) is 0 Å². The maximum absolute atomic E-state index is 13.2. The zero-order valence-electron chi connectivity index (χ0n) is 16.4. The Morgan fingerprint density at radius 2 is 2.07 bits per heavy atom. The van der Waals surface area contributed by atoms with Gasteiger partial charge in [-0.1, -0.05) is 29.0 Å². The largest absolute Gasteiger partial charge is 0.494 e. The predicted molar refractivity (Wildman–Crippen MR) is 116 cm³/mol. The van der Waals surface area contributed by atoms with Gasteiger partial charge in [0.05, 0.1) is 37.5 Å². The lowest BCUT2D eigenvalue weighted by Gasteiger charge is -2.20. The van der Waals surface area contributed by atoms with Gasteiger partial charge in [-0.3, -0.25) is 9.69 Å². The molecule has 1 heterocycles. The smallest absolute Gasteiger partial charge is 0.260 e. The number of fused-ring (bicyclic) bond motifs is 1. The summed E-state index contributed by atoms with van der Waals surface area (Å²) in [7, 11) is 4.21. The second kappa shape index (κ2) is 9.37. The van der Waals surface area contributed by atoms with Gasteiger partial charge in [-0.25, -0.2) is 4.98 Å². The Bertz CT molecular complexity index is 958. The number of nitrogens with zero attached hydrogens (tertiary/aromatic N) is 2. The van der Waals surface area contributed by atoms with Crippen molar-refractivity contribution in [3.63, 3.8) is 0 Å². The molecule has 1 amide bonds. The molecule has 0 unspecified atom stereocenters. The van der Waals surface area contributed by atoms with Crippen LogP contribution in [0.4, 0.5) is 5.13 Å². The van der Waals surface area contributed by atoms with Crippen LogP contribution < -0.4 is 14.5 Å². The number of carbonyl (C=O) groups is 1. The number of carbonyl (C=O) groups excluding carboxylic acids is 1. The standard InChI is InChI=1S/C21H24ClN3O2S/c1-4-27-17-9-10-18-19(14-17)28-21(23-18)25(12-6-11-24(2)3)20(26)15-7-5-8-16(22)13-15/h5,7-10,13-14H,4,6,11-12H2,1-3H3/p+1. The number of benzene rings is 2. The lowest BCUT2D eigenvalue weighted by atomic mass is 10.2. The molecule has 28 heavy (non-hydrogen) atoms. The van der Waals surface area contributed by atoms with E-state index >= 15 is 0 Å². The molecular weight excluding hydrogens is 394 g/mol. The zero-order chi connectivity index (χ0) is 20.1. The highest BCUT2D eigenvalue weighted by Crippen LogP contribution is 2.32. The lowest BCUT2D eigenvalue weighted by Crippen LogP contribution is -3.05. The third kappa shape index (κ3) is 5.01. The van der Waals surface area contributed by atoms with Crippen LogP contribution in [0, 0.1) is 0 Å². The van der Waals surface area contributed by atoms with Gasteiger partial charge in [0.2, 0.25) is 0 Å².